The minimum Gasteiger partial charge on any atom is -0.507 e. The Hall–Kier alpha value is -3.97. The van der Waals surface area contributed by atoms with Crippen molar-refractivity contribution in [2.75, 3.05) is 19.1 Å². The predicted molar refractivity (Wildman–Crippen MR) is 138 cm³/mol. The lowest BCUT2D eigenvalue weighted by Crippen LogP contribution is -2.29. The number of aliphatic hydroxyl groups excluding tert-OH is 1. The number of ether oxygens (including phenoxy) is 3. The van der Waals surface area contributed by atoms with E-state index in [4.69, 9.17) is 25.8 Å². The number of hydrogen-bond donors (Lipinski definition) is 1. The lowest BCUT2D eigenvalue weighted by atomic mass is 9.94. The van der Waals surface area contributed by atoms with Crippen LogP contribution < -0.4 is 19.1 Å². The molecule has 7 nitrogen and oxygen atoms in total. The van der Waals surface area contributed by atoms with Gasteiger partial charge in [0.1, 0.15) is 23.0 Å². The minimum atomic E-state index is -0.880. The summed E-state index contributed by atoms with van der Waals surface area (Å²) in [6.45, 7) is 3.84. The molecule has 1 aliphatic rings. The third-order valence-corrected chi connectivity index (χ3v) is 6.07. The number of carbonyl (C=O) groups excluding carboxylic acids is 2. The van der Waals surface area contributed by atoms with E-state index in [9.17, 15) is 14.7 Å². The zero-order chi connectivity index (χ0) is 26.0. The second kappa shape index (κ2) is 10.3. The summed E-state index contributed by atoms with van der Waals surface area (Å²) in [6.07, 6.45) is -0.0132. The fraction of sp³-hybridized carbons (Fsp3) is 0.214. The highest BCUT2D eigenvalue weighted by Gasteiger charge is 2.47. The van der Waals surface area contributed by atoms with Crippen molar-refractivity contribution >= 4 is 34.7 Å². The molecule has 3 aromatic carbocycles. The fourth-order valence-corrected chi connectivity index (χ4v) is 4.43. The fourth-order valence-electron chi connectivity index (χ4n) is 4.20. The first-order valence-electron chi connectivity index (χ1n) is 11.3. The Morgan fingerprint density at radius 1 is 0.944 bits per heavy atom. The Kier molecular flexibility index (Phi) is 7.22. The van der Waals surface area contributed by atoms with Crippen LogP contribution in [0.5, 0.6) is 17.2 Å². The molecule has 1 fully saturated rings. The van der Waals surface area contributed by atoms with Gasteiger partial charge in [-0.1, -0.05) is 41.9 Å². The maximum Gasteiger partial charge on any atom is 0.300 e. The SMILES string of the molecule is COc1cc(/C(O)=C2\C(=O)C(=O)N(c3ccc(OC(C)C)cc3)C2c2ccccc2)c(OC)cc1Cl. The van der Waals surface area contributed by atoms with E-state index >= 15 is 0 Å². The zero-order valence-corrected chi connectivity index (χ0v) is 21.1. The highest BCUT2D eigenvalue weighted by Crippen LogP contribution is 2.44. The number of benzene rings is 3. The molecule has 1 amide bonds. The molecule has 4 rings (SSSR count). The standard InChI is InChI=1S/C28H26ClNO6/c1-16(2)36-19-12-10-18(11-13-19)30-25(17-8-6-5-7-9-17)24(27(32)28(30)33)26(31)20-14-23(35-4)21(29)15-22(20)34-3/h5-16,25,31H,1-4H3/b26-24+. The molecule has 0 spiro atoms. The molecule has 1 aliphatic heterocycles. The molecule has 0 aromatic heterocycles. The van der Waals surface area contributed by atoms with Crippen LogP contribution in [0.25, 0.3) is 5.76 Å². The molecule has 186 valence electrons. The number of Topliss-reactive ketones (excluding diaryl/α,β-unsaturated/α-hetero) is 1. The lowest BCUT2D eigenvalue weighted by molar-refractivity contribution is -0.132. The van der Waals surface area contributed by atoms with Crippen molar-refractivity contribution < 1.29 is 28.9 Å². The third kappa shape index (κ3) is 4.62. The van der Waals surface area contributed by atoms with Gasteiger partial charge in [0, 0.05) is 11.8 Å². The first-order chi connectivity index (χ1) is 17.3. The number of nitrogens with zero attached hydrogens (tertiary/aromatic N) is 1. The van der Waals surface area contributed by atoms with E-state index in [2.05, 4.69) is 0 Å². The van der Waals surface area contributed by atoms with Crippen molar-refractivity contribution in [3.63, 3.8) is 0 Å². The summed E-state index contributed by atoms with van der Waals surface area (Å²) in [5.41, 5.74) is 1.25. The van der Waals surface area contributed by atoms with Crippen molar-refractivity contribution in [2.24, 2.45) is 0 Å². The summed E-state index contributed by atoms with van der Waals surface area (Å²) in [5.74, 6) is -0.824. The number of anilines is 1. The lowest BCUT2D eigenvalue weighted by Gasteiger charge is -2.26. The van der Waals surface area contributed by atoms with Crippen LogP contribution >= 0.6 is 11.6 Å². The van der Waals surface area contributed by atoms with Gasteiger partial charge in [-0.3, -0.25) is 14.5 Å². The molecular weight excluding hydrogens is 482 g/mol. The first kappa shape index (κ1) is 25.1. The largest absolute Gasteiger partial charge is 0.507 e. The average Bonchev–Trinajstić information content (AvgIpc) is 3.14. The molecule has 0 bridgehead atoms. The van der Waals surface area contributed by atoms with Crippen LogP contribution in [0.15, 0.2) is 72.3 Å². The summed E-state index contributed by atoms with van der Waals surface area (Å²) < 4.78 is 16.4. The molecule has 1 heterocycles. The number of hydrogen-bond acceptors (Lipinski definition) is 6. The van der Waals surface area contributed by atoms with Gasteiger partial charge in [0.15, 0.2) is 0 Å². The Balaban J connectivity index is 1.91. The highest BCUT2D eigenvalue weighted by atomic mass is 35.5. The van der Waals surface area contributed by atoms with E-state index in [1.165, 1.54) is 31.3 Å². The van der Waals surface area contributed by atoms with Crippen molar-refractivity contribution in [2.45, 2.75) is 26.0 Å². The quantitative estimate of drug-likeness (QED) is 0.248. The van der Waals surface area contributed by atoms with E-state index < -0.39 is 23.5 Å². The summed E-state index contributed by atoms with van der Waals surface area (Å²) in [7, 11) is 2.86. The maximum atomic E-state index is 13.4. The van der Waals surface area contributed by atoms with Gasteiger partial charge in [0.05, 0.1) is 42.5 Å². The monoisotopic (exact) mass is 507 g/mol. The first-order valence-corrected chi connectivity index (χ1v) is 11.7. The Bertz CT molecular complexity index is 1320. The van der Waals surface area contributed by atoms with E-state index in [1.54, 1.807) is 48.5 Å². The smallest absolute Gasteiger partial charge is 0.300 e. The normalized spacial score (nSPS) is 16.9. The van der Waals surface area contributed by atoms with Crippen LogP contribution in [-0.2, 0) is 9.59 Å². The van der Waals surface area contributed by atoms with Gasteiger partial charge < -0.3 is 19.3 Å². The predicted octanol–water partition coefficient (Wildman–Crippen LogP) is 5.77. The van der Waals surface area contributed by atoms with Crippen LogP contribution in [0.3, 0.4) is 0 Å². The van der Waals surface area contributed by atoms with Gasteiger partial charge in [-0.15, -0.1) is 0 Å². The van der Waals surface area contributed by atoms with Crippen molar-refractivity contribution in [3.05, 3.63) is 88.5 Å². The summed E-state index contributed by atoms with van der Waals surface area (Å²) in [6, 6.07) is 18.0. The van der Waals surface area contributed by atoms with Gasteiger partial charge in [-0.2, -0.15) is 0 Å². The highest BCUT2D eigenvalue weighted by molar-refractivity contribution is 6.51. The number of rotatable bonds is 7. The summed E-state index contributed by atoms with van der Waals surface area (Å²) in [5, 5.41) is 11.7. The van der Waals surface area contributed by atoms with Gasteiger partial charge in [0.2, 0.25) is 0 Å². The van der Waals surface area contributed by atoms with Crippen LogP contribution in [0.1, 0.15) is 31.0 Å². The van der Waals surface area contributed by atoms with Crippen LogP contribution in [-0.4, -0.2) is 37.1 Å². The molecule has 1 saturated heterocycles. The molecule has 8 heteroatoms. The van der Waals surface area contributed by atoms with Crippen LogP contribution in [0.2, 0.25) is 5.02 Å². The summed E-state index contributed by atoms with van der Waals surface area (Å²) >= 11 is 6.23. The van der Waals surface area contributed by atoms with E-state index in [1.807, 2.05) is 19.9 Å². The summed E-state index contributed by atoms with van der Waals surface area (Å²) in [4.78, 5) is 28.1. The molecular formula is C28H26ClNO6. The number of carbonyl (C=O) groups is 2. The van der Waals surface area contributed by atoms with E-state index in [0.717, 1.165) is 0 Å². The van der Waals surface area contributed by atoms with Gasteiger partial charge in [-0.05, 0) is 49.7 Å². The molecule has 1 N–H and O–H groups in total. The maximum absolute atomic E-state index is 13.4. The number of aliphatic hydroxyl groups is 1. The molecule has 0 aliphatic carbocycles. The van der Waals surface area contributed by atoms with Crippen LogP contribution in [0, 0.1) is 0 Å². The molecule has 0 radical (unpaired) electrons. The second-order valence-electron chi connectivity index (χ2n) is 8.43. The van der Waals surface area contributed by atoms with Crippen LogP contribution in [0.4, 0.5) is 5.69 Å². The van der Waals surface area contributed by atoms with Crippen molar-refractivity contribution in [1.29, 1.82) is 0 Å². The minimum absolute atomic E-state index is 0.0132. The zero-order valence-electron chi connectivity index (χ0n) is 20.3. The molecule has 1 atom stereocenters. The average molecular weight is 508 g/mol. The second-order valence-corrected chi connectivity index (χ2v) is 8.83. The molecule has 3 aromatic rings. The van der Waals surface area contributed by atoms with Gasteiger partial charge in [0.25, 0.3) is 11.7 Å². The van der Waals surface area contributed by atoms with Crippen molar-refractivity contribution in [1.82, 2.24) is 0 Å². The van der Waals surface area contributed by atoms with E-state index in [-0.39, 0.29) is 33.8 Å². The molecule has 1 unspecified atom stereocenters. The third-order valence-electron chi connectivity index (χ3n) is 5.78. The molecule has 36 heavy (non-hydrogen) atoms. The Morgan fingerprint density at radius 2 is 1.58 bits per heavy atom. The Morgan fingerprint density at radius 3 is 2.17 bits per heavy atom. The molecule has 0 saturated carbocycles. The number of methoxy groups -OCH3 is 2. The number of amides is 1. The number of ketones is 1. The van der Waals surface area contributed by atoms with E-state index in [0.29, 0.717) is 17.0 Å². The van der Waals surface area contributed by atoms with Crippen molar-refractivity contribution in [3.8, 4) is 17.2 Å². The van der Waals surface area contributed by atoms with Gasteiger partial charge >= 0.3 is 0 Å². The topological polar surface area (TPSA) is 85.3 Å². The number of halogens is 1. The van der Waals surface area contributed by atoms with Gasteiger partial charge in [-0.25, -0.2) is 0 Å². The Labute approximate surface area is 214 Å².